The Morgan fingerprint density at radius 2 is 0.939 bits per heavy atom. The Labute approximate surface area is 281 Å². The largest absolute Gasteiger partial charge is 0.456 e. The average Bonchev–Trinajstić information content (AvgIpc) is 3.72. The van der Waals surface area contributed by atoms with E-state index in [2.05, 4.69) is 65.5 Å². The van der Waals surface area contributed by atoms with Crippen LogP contribution in [0.5, 0.6) is 0 Å². The number of hydrogen-bond donors (Lipinski definition) is 0. The number of furan rings is 1. The Hall–Kier alpha value is -6.90. The highest BCUT2D eigenvalue weighted by Crippen LogP contribution is 2.51. The molecule has 7 aromatic carbocycles. The van der Waals surface area contributed by atoms with Crippen molar-refractivity contribution in [2.75, 3.05) is 0 Å². The summed E-state index contributed by atoms with van der Waals surface area (Å²) in [6.07, 6.45) is 0. The molecule has 0 bridgehead atoms. The van der Waals surface area contributed by atoms with Crippen molar-refractivity contribution in [1.82, 2.24) is 15.0 Å². The summed E-state index contributed by atoms with van der Waals surface area (Å²) in [5, 5.41) is 4.25. The fourth-order valence-electron chi connectivity index (χ4n) is 7.33. The zero-order valence-corrected chi connectivity index (χ0v) is 26.1. The fraction of sp³-hybridized carbons (Fsp3) is 0. The molecule has 0 aliphatic heterocycles. The summed E-state index contributed by atoms with van der Waals surface area (Å²) in [4.78, 5) is 19.2. The minimum atomic E-state index is 0.579. The summed E-state index contributed by atoms with van der Waals surface area (Å²) in [5.74, 6) is 1.77. The second kappa shape index (κ2) is 10.6. The molecule has 1 aliphatic carbocycles. The predicted molar refractivity (Wildman–Crippen MR) is 197 cm³/mol. The third-order valence-corrected chi connectivity index (χ3v) is 9.53. The monoisotopic (exact) mass is 624 g/mol. The predicted octanol–water partition coefficient (Wildman–Crippen LogP) is 11.8. The summed E-state index contributed by atoms with van der Waals surface area (Å²) >= 11 is 0. The van der Waals surface area contributed by atoms with Gasteiger partial charge in [-0.15, -0.1) is 0 Å². The average molecular weight is 625 g/mol. The maximum atomic E-state index is 7.50. The van der Waals surface area contributed by atoms with Gasteiger partial charge in [-0.25, -0.2) is 19.8 Å². The Morgan fingerprint density at radius 3 is 1.67 bits per heavy atom. The molecule has 0 N–H and O–H groups in total. The number of hydrogen-bond acceptors (Lipinski definition) is 4. The summed E-state index contributed by atoms with van der Waals surface area (Å²) in [6.45, 7) is 7.50. The molecule has 10 rings (SSSR count). The molecule has 5 heteroatoms. The van der Waals surface area contributed by atoms with Crippen LogP contribution < -0.4 is 0 Å². The molecule has 5 nitrogen and oxygen atoms in total. The summed E-state index contributed by atoms with van der Waals surface area (Å²) < 4.78 is 6.26. The number of fused-ring (bicyclic) bond motifs is 6. The lowest BCUT2D eigenvalue weighted by Crippen LogP contribution is -2.01. The van der Waals surface area contributed by atoms with Gasteiger partial charge in [0.1, 0.15) is 11.2 Å². The Kier molecular flexibility index (Phi) is 5.87. The van der Waals surface area contributed by atoms with Crippen LogP contribution in [0.4, 0.5) is 5.69 Å². The molecule has 49 heavy (non-hydrogen) atoms. The molecule has 9 aromatic rings. The zero-order valence-electron chi connectivity index (χ0n) is 26.1. The van der Waals surface area contributed by atoms with Crippen LogP contribution in [0, 0.1) is 6.57 Å². The molecule has 2 heterocycles. The van der Waals surface area contributed by atoms with E-state index in [9.17, 15) is 0 Å². The lowest BCUT2D eigenvalue weighted by Gasteiger charge is -2.15. The van der Waals surface area contributed by atoms with Crippen LogP contribution >= 0.6 is 0 Å². The van der Waals surface area contributed by atoms with E-state index < -0.39 is 0 Å². The number of benzene rings is 7. The Bertz CT molecular complexity index is 2800. The van der Waals surface area contributed by atoms with Crippen molar-refractivity contribution in [1.29, 1.82) is 0 Å². The van der Waals surface area contributed by atoms with Crippen molar-refractivity contribution in [2.45, 2.75) is 0 Å². The number of para-hydroxylation sites is 1. The van der Waals surface area contributed by atoms with Gasteiger partial charge < -0.3 is 4.42 Å². The first kappa shape index (κ1) is 27.2. The molecule has 0 atom stereocenters. The van der Waals surface area contributed by atoms with Gasteiger partial charge in [-0.05, 0) is 57.0 Å². The van der Waals surface area contributed by atoms with E-state index >= 15 is 0 Å². The van der Waals surface area contributed by atoms with E-state index in [4.69, 9.17) is 25.9 Å². The normalized spacial score (nSPS) is 11.7. The van der Waals surface area contributed by atoms with E-state index in [0.717, 1.165) is 55.1 Å². The van der Waals surface area contributed by atoms with Crippen molar-refractivity contribution < 1.29 is 4.42 Å². The van der Waals surface area contributed by atoms with Gasteiger partial charge in [0.15, 0.2) is 23.2 Å². The minimum Gasteiger partial charge on any atom is -0.456 e. The highest BCUT2D eigenvalue weighted by Gasteiger charge is 2.26. The van der Waals surface area contributed by atoms with Crippen LogP contribution in [0.2, 0.25) is 0 Å². The lowest BCUT2D eigenvalue weighted by atomic mass is 9.90. The van der Waals surface area contributed by atoms with Gasteiger partial charge in [-0.3, -0.25) is 0 Å². The maximum absolute atomic E-state index is 7.50. The highest BCUT2D eigenvalue weighted by atomic mass is 16.3. The second-order valence-electron chi connectivity index (χ2n) is 12.2. The van der Waals surface area contributed by atoms with Crippen molar-refractivity contribution in [3.05, 3.63) is 157 Å². The van der Waals surface area contributed by atoms with Crippen LogP contribution in [-0.4, -0.2) is 15.0 Å². The fourth-order valence-corrected chi connectivity index (χ4v) is 7.33. The molecule has 0 radical (unpaired) electrons. The van der Waals surface area contributed by atoms with E-state index in [1.165, 1.54) is 27.6 Å². The lowest BCUT2D eigenvalue weighted by molar-refractivity contribution is 0.669. The molecular weight excluding hydrogens is 601 g/mol. The van der Waals surface area contributed by atoms with Gasteiger partial charge in [-0.2, -0.15) is 0 Å². The van der Waals surface area contributed by atoms with Gasteiger partial charge in [-0.1, -0.05) is 127 Å². The Balaban J connectivity index is 1.30. The first-order valence-electron chi connectivity index (χ1n) is 16.1. The zero-order chi connectivity index (χ0) is 32.5. The van der Waals surface area contributed by atoms with E-state index in [-0.39, 0.29) is 0 Å². The topological polar surface area (TPSA) is 56.2 Å². The van der Waals surface area contributed by atoms with Gasteiger partial charge in [0.2, 0.25) is 0 Å². The summed E-state index contributed by atoms with van der Waals surface area (Å²) in [6, 6.07) is 49.4. The van der Waals surface area contributed by atoms with Crippen molar-refractivity contribution in [2.24, 2.45) is 0 Å². The van der Waals surface area contributed by atoms with Gasteiger partial charge in [0.05, 0.1) is 6.57 Å². The van der Waals surface area contributed by atoms with Crippen LogP contribution in [0.3, 0.4) is 0 Å². The summed E-state index contributed by atoms with van der Waals surface area (Å²) in [7, 11) is 0. The van der Waals surface area contributed by atoms with Gasteiger partial charge in [0.25, 0.3) is 0 Å². The molecule has 0 fully saturated rings. The van der Waals surface area contributed by atoms with Gasteiger partial charge >= 0.3 is 0 Å². The van der Waals surface area contributed by atoms with Gasteiger partial charge in [0, 0.05) is 32.8 Å². The molecule has 226 valence electrons. The standard InChI is InChI=1S/C44H24N4O/c1-45-28-20-18-26(19-21-28)29-22-23-32-30-12-5-6-13-31(30)33-24-25-36(40(29)41(32)33)44-47-42(27-10-3-2-4-11-27)46-43(48-44)35-15-9-17-38-39(35)34-14-7-8-16-37(34)49-38/h2-25H. The van der Waals surface area contributed by atoms with Crippen molar-refractivity contribution in [3.63, 3.8) is 0 Å². The van der Waals surface area contributed by atoms with Crippen LogP contribution in [-0.2, 0) is 0 Å². The molecule has 0 saturated heterocycles. The third-order valence-electron chi connectivity index (χ3n) is 9.53. The third kappa shape index (κ3) is 4.15. The summed E-state index contributed by atoms with van der Waals surface area (Å²) in [5.41, 5.74) is 11.8. The first-order valence-corrected chi connectivity index (χ1v) is 16.1. The first-order chi connectivity index (χ1) is 24.2. The molecule has 1 aliphatic rings. The van der Waals surface area contributed by atoms with E-state index in [0.29, 0.717) is 23.2 Å². The number of nitrogens with zero attached hydrogens (tertiary/aromatic N) is 4. The molecule has 2 aromatic heterocycles. The SMILES string of the molecule is [C-]#[N+]c1ccc(-c2ccc3c4c(ccc(-c5nc(-c6ccccc6)nc(-c6cccc7oc8ccccc8c67)n5)c24)-c2ccccc2-3)cc1. The van der Waals surface area contributed by atoms with E-state index in [1.807, 2.05) is 84.9 Å². The maximum Gasteiger partial charge on any atom is 0.187 e. The van der Waals surface area contributed by atoms with E-state index in [1.54, 1.807) is 0 Å². The minimum absolute atomic E-state index is 0.579. The molecular formula is C44H24N4O. The van der Waals surface area contributed by atoms with Crippen LogP contribution in [0.1, 0.15) is 0 Å². The quantitative estimate of drug-likeness (QED) is 0.183. The van der Waals surface area contributed by atoms with Crippen molar-refractivity contribution >= 4 is 38.4 Å². The molecule has 0 saturated carbocycles. The molecule has 0 amide bonds. The van der Waals surface area contributed by atoms with Crippen molar-refractivity contribution in [3.8, 4) is 67.5 Å². The molecule has 0 unspecified atom stereocenters. The Morgan fingerprint density at radius 1 is 0.388 bits per heavy atom. The highest BCUT2D eigenvalue weighted by molar-refractivity contribution is 6.22. The van der Waals surface area contributed by atoms with Crippen LogP contribution in [0.15, 0.2) is 150 Å². The molecule has 0 spiro atoms. The van der Waals surface area contributed by atoms with Crippen LogP contribution in [0.25, 0.3) is 105 Å². The second-order valence-corrected chi connectivity index (χ2v) is 12.2. The number of aromatic nitrogens is 3. The smallest absolute Gasteiger partial charge is 0.187 e. The number of rotatable bonds is 4.